The van der Waals surface area contributed by atoms with Crippen LogP contribution in [0.15, 0.2) is 11.2 Å². The van der Waals surface area contributed by atoms with Crippen molar-refractivity contribution in [3.05, 3.63) is 15.9 Å². The molecular formula is C20H28N2O2S. The summed E-state index contributed by atoms with van der Waals surface area (Å²) < 4.78 is 7.42. The zero-order valence-electron chi connectivity index (χ0n) is 15.3. The minimum absolute atomic E-state index is 0.111. The molecule has 1 amide bonds. The summed E-state index contributed by atoms with van der Waals surface area (Å²) in [4.78, 5) is 20.3. The second kappa shape index (κ2) is 5.53. The van der Waals surface area contributed by atoms with Crippen LogP contribution in [0.3, 0.4) is 0 Å². The molecule has 0 aromatic carbocycles. The molecule has 0 radical (unpaired) electrons. The first-order valence-corrected chi connectivity index (χ1v) is 10.6. The van der Waals surface area contributed by atoms with Gasteiger partial charge in [-0.3, -0.25) is 4.79 Å². The molecule has 5 heteroatoms. The predicted octanol–water partition coefficient (Wildman–Crippen LogP) is 3.50. The van der Waals surface area contributed by atoms with E-state index < -0.39 is 0 Å². The summed E-state index contributed by atoms with van der Waals surface area (Å²) in [5.74, 6) is 2.38. The lowest BCUT2D eigenvalue weighted by molar-refractivity contribution is -0.129. The second-order valence-electron chi connectivity index (χ2n) is 9.24. The fraction of sp³-hybridized carbons (Fsp3) is 0.800. The Morgan fingerprint density at radius 2 is 2.04 bits per heavy atom. The predicted molar refractivity (Wildman–Crippen MR) is 97.3 cm³/mol. The van der Waals surface area contributed by atoms with Crippen LogP contribution in [-0.2, 0) is 21.5 Å². The topological polar surface area (TPSA) is 43.6 Å². The standard InChI is InChI=1S/C20H28N2O2S/c1-19(3-4-19)16-12-22(5-6-24-2)18(25-16)21-17(23)20-10-13-7-14(11-20)9-15(20)8-13/h12-15H,3-11H2,1-2H3. The van der Waals surface area contributed by atoms with Gasteiger partial charge in [0.2, 0.25) is 0 Å². The van der Waals surface area contributed by atoms with E-state index in [9.17, 15) is 4.79 Å². The van der Waals surface area contributed by atoms with Crippen LogP contribution in [0, 0.1) is 23.2 Å². The van der Waals surface area contributed by atoms with Crippen molar-refractivity contribution in [3.63, 3.8) is 0 Å². The molecule has 0 saturated heterocycles. The molecule has 4 bridgehead atoms. The van der Waals surface area contributed by atoms with Gasteiger partial charge in [0, 0.05) is 30.1 Å². The third-order valence-electron chi connectivity index (χ3n) is 7.46. The van der Waals surface area contributed by atoms with E-state index in [1.54, 1.807) is 18.4 Å². The highest BCUT2D eigenvalue weighted by atomic mass is 32.1. The van der Waals surface area contributed by atoms with Crippen LogP contribution in [0.25, 0.3) is 0 Å². The Hall–Kier alpha value is -0.940. The van der Waals surface area contributed by atoms with Crippen LogP contribution in [0.5, 0.6) is 0 Å². The van der Waals surface area contributed by atoms with Crippen LogP contribution in [0.1, 0.15) is 56.7 Å². The maximum atomic E-state index is 13.3. The summed E-state index contributed by atoms with van der Waals surface area (Å²) >= 11 is 1.73. The normalized spacial score (nSPS) is 37.8. The lowest BCUT2D eigenvalue weighted by atomic mass is 9.75. The van der Waals surface area contributed by atoms with Crippen molar-refractivity contribution in [2.45, 2.75) is 63.8 Å². The summed E-state index contributed by atoms with van der Waals surface area (Å²) in [6, 6.07) is 0. The molecule has 0 spiro atoms. The summed E-state index contributed by atoms with van der Waals surface area (Å²) in [7, 11) is 1.73. The molecule has 5 aliphatic rings. The third-order valence-corrected chi connectivity index (χ3v) is 8.79. The number of carbonyl (C=O) groups excluding carboxylic acids is 1. The zero-order chi connectivity index (χ0) is 17.2. The van der Waals surface area contributed by atoms with Crippen molar-refractivity contribution in [2.75, 3.05) is 13.7 Å². The van der Waals surface area contributed by atoms with Crippen LogP contribution >= 0.6 is 11.3 Å². The monoisotopic (exact) mass is 360 g/mol. The van der Waals surface area contributed by atoms with Crippen molar-refractivity contribution >= 4 is 17.2 Å². The van der Waals surface area contributed by atoms with Crippen molar-refractivity contribution in [1.29, 1.82) is 0 Å². The Kier molecular flexibility index (Phi) is 3.59. The Bertz CT molecular complexity index is 759. The van der Waals surface area contributed by atoms with Gasteiger partial charge in [-0.15, -0.1) is 11.3 Å². The second-order valence-corrected chi connectivity index (χ2v) is 10.3. The number of amides is 1. The number of methoxy groups -OCH3 is 1. The summed E-state index contributed by atoms with van der Waals surface area (Å²) in [6.45, 7) is 3.75. The van der Waals surface area contributed by atoms with Crippen molar-refractivity contribution in [3.8, 4) is 0 Å². The van der Waals surface area contributed by atoms with Crippen molar-refractivity contribution in [2.24, 2.45) is 28.2 Å². The molecule has 1 aromatic heterocycles. The van der Waals surface area contributed by atoms with E-state index in [4.69, 9.17) is 9.73 Å². The minimum atomic E-state index is -0.111. The summed E-state index contributed by atoms with van der Waals surface area (Å²) in [5.41, 5.74) is 0.208. The summed E-state index contributed by atoms with van der Waals surface area (Å²) in [5, 5.41) is 0. The van der Waals surface area contributed by atoms with Gasteiger partial charge in [-0.25, -0.2) is 0 Å². The molecule has 6 rings (SSSR count). The minimum Gasteiger partial charge on any atom is -0.383 e. The van der Waals surface area contributed by atoms with Crippen LogP contribution in [0.4, 0.5) is 0 Å². The van der Waals surface area contributed by atoms with Crippen LogP contribution in [-0.4, -0.2) is 24.2 Å². The number of nitrogens with zero attached hydrogens (tertiary/aromatic N) is 2. The molecule has 2 atom stereocenters. The molecule has 4 nitrogen and oxygen atoms in total. The maximum absolute atomic E-state index is 13.3. The van der Waals surface area contributed by atoms with E-state index in [0.29, 0.717) is 17.9 Å². The number of hydrogen-bond donors (Lipinski definition) is 0. The fourth-order valence-electron chi connectivity index (χ4n) is 5.87. The van der Waals surface area contributed by atoms with Gasteiger partial charge in [0.25, 0.3) is 5.91 Å². The Morgan fingerprint density at radius 3 is 2.68 bits per heavy atom. The molecule has 1 heterocycles. The third kappa shape index (κ3) is 2.49. The van der Waals surface area contributed by atoms with Crippen molar-refractivity contribution < 1.29 is 9.53 Å². The van der Waals surface area contributed by atoms with Gasteiger partial charge in [0.1, 0.15) is 0 Å². The van der Waals surface area contributed by atoms with Gasteiger partial charge in [0.05, 0.1) is 12.0 Å². The SMILES string of the molecule is COCCn1cc(C2(C)CC2)sc1=NC(=O)C12CC3CC(CC1C3)C2. The van der Waals surface area contributed by atoms with E-state index in [1.165, 1.54) is 37.0 Å². The average Bonchev–Trinajstić information content (AvgIpc) is 3.01. The largest absolute Gasteiger partial charge is 0.383 e. The average molecular weight is 361 g/mol. The number of carbonyl (C=O) groups is 1. The van der Waals surface area contributed by atoms with E-state index >= 15 is 0 Å². The van der Waals surface area contributed by atoms with Crippen molar-refractivity contribution in [1.82, 2.24) is 4.57 Å². The van der Waals surface area contributed by atoms with E-state index in [2.05, 4.69) is 17.7 Å². The van der Waals surface area contributed by atoms with Gasteiger partial charge < -0.3 is 9.30 Å². The quantitative estimate of drug-likeness (QED) is 0.807. The first-order valence-electron chi connectivity index (χ1n) is 9.81. The molecule has 5 fully saturated rings. The van der Waals surface area contributed by atoms with Gasteiger partial charge in [-0.05, 0) is 62.7 Å². The van der Waals surface area contributed by atoms with Gasteiger partial charge in [-0.1, -0.05) is 6.92 Å². The highest BCUT2D eigenvalue weighted by Crippen LogP contribution is 2.65. The van der Waals surface area contributed by atoms with Gasteiger partial charge in [0.15, 0.2) is 4.80 Å². The molecule has 2 unspecified atom stereocenters. The first-order chi connectivity index (χ1) is 12.0. The summed E-state index contributed by atoms with van der Waals surface area (Å²) in [6.07, 6.45) is 10.8. The first kappa shape index (κ1) is 16.2. The fourth-order valence-corrected chi connectivity index (χ4v) is 7.09. The van der Waals surface area contributed by atoms with Gasteiger partial charge in [-0.2, -0.15) is 4.99 Å². The van der Waals surface area contributed by atoms with Crippen LogP contribution in [0.2, 0.25) is 0 Å². The number of thiazole rings is 1. The number of hydrogen-bond acceptors (Lipinski definition) is 3. The maximum Gasteiger partial charge on any atom is 0.254 e. The number of aromatic nitrogens is 1. The number of ether oxygens (including phenoxy) is 1. The molecule has 5 aliphatic carbocycles. The van der Waals surface area contributed by atoms with Crippen LogP contribution < -0.4 is 4.80 Å². The molecule has 5 saturated carbocycles. The molecule has 1 aromatic rings. The molecule has 136 valence electrons. The Labute approximate surface area is 153 Å². The van der Waals surface area contributed by atoms with Gasteiger partial charge >= 0.3 is 0 Å². The van der Waals surface area contributed by atoms with E-state index in [1.807, 2.05) is 0 Å². The lowest BCUT2D eigenvalue weighted by Crippen LogP contribution is -2.33. The molecule has 0 N–H and O–H groups in total. The molecule has 0 aliphatic heterocycles. The zero-order valence-corrected chi connectivity index (χ0v) is 16.1. The highest BCUT2D eigenvalue weighted by Gasteiger charge is 2.61. The molecular weight excluding hydrogens is 332 g/mol. The molecule has 25 heavy (non-hydrogen) atoms. The Morgan fingerprint density at radius 1 is 1.32 bits per heavy atom. The number of rotatable bonds is 5. The van der Waals surface area contributed by atoms with E-state index in [0.717, 1.165) is 36.0 Å². The Balaban J connectivity index is 1.49. The highest BCUT2D eigenvalue weighted by molar-refractivity contribution is 7.09. The lowest BCUT2D eigenvalue weighted by Gasteiger charge is -2.29. The smallest absolute Gasteiger partial charge is 0.254 e. The van der Waals surface area contributed by atoms with E-state index in [-0.39, 0.29) is 11.3 Å².